The first-order chi connectivity index (χ1) is 20.0. The third kappa shape index (κ3) is 8.95. The Balaban J connectivity index is 0.000000236. The third-order valence-electron chi connectivity index (χ3n) is 7.33. The second kappa shape index (κ2) is 13.1. The summed E-state index contributed by atoms with van der Waals surface area (Å²) >= 11 is 0. The van der Waals surface area contributed by atoms with Gasteiger partial charge in [0.05, 0.1) is 7.11 Å². The van der Waals surface area contributed by atoms with E-state index in [4.69, 9.17) is 14.2 Å². The van der Waals surface area contributed by atoms with Gasteiger partial charge in [-0.05, 0) is 89.5 Å². The van der Waals surface area contributed by atoms with Crippen LogP contribution in [0.3, 0.4) is 0 Å². The molecule has 0 aliphatic heterocycles. The quantitative estimate of drug-likeness (QED) is 0.326. The maximum absolute atomic E-state index is 12.3. The number of amides is 2. The Kier molecular flexibility index (Phi) is 10.1. The molecule has 2 aliphatic carbocycles. The van der Waals surface area contributed by atoms with Gasteiger partial charge in [-0.1, -0.05) is 48.5 Å². The van der Waals surface area contributed by atoms with E-state index in [9.17, 15) is 24.3 Å². The molecular weight excluding hydrogens is 552 g/mol. The van der Waals surface area contributed by atoms with Crippen LogP contribution in [0.5, 0.6) is 0 Å². The molecule has 2 aromatic rings. The van der Waals surface area contributed by atoms with Crippen LogP contribution in [0, 0.1) is 0 Å². The maximum Gasteiger partial charge on any atom is 0.408 e. The molecule has 0 aromatic heterocycles. The van der Waals surface area contributed by atoms with Crippen molar-refractivity contribution in [2.75, 3.05) is 7.11 Å². The number of aryl methyl sites for hydroxylation is 2. The van der Waals surface area contributed by atoms with Crippen LogP contribution in [0.25, 0.3) is 0 Å². The summed E-state index contributed by atoms with van der Waals surface area (Å²) in [7, 11) is 1.33. The summed E-state index contributed by atoms with van der Waals surface area (Å²) in [6.07, 6.45) is 1.59. The van der Waals surface area contributed by atoms with E-state index in [1.165, 1.54) is 12.7 Å². The summed E-state index contributed by atoms with van der Waals surface area (Å²) < 4.78 is 15.4. The first kappa shape index (κ1) is 33.4. The number of carboxylic acid groups (broad SMARTS) is 1. The van der Waals surface area contributed by atoms with Crippen molar-refractivity contribution < 1.29 is 38.5 Å². The van der Waals surface area contributed by atoms with E-state index >= 15 is 0 Å². The van der Waals surface area contributed by atoms with Crippen LogP contribution in [0.15, 0.2) is 48.5 Å². The predicted molar refractivity (Wildman–Crippen MR) is 161 cm³/mol. The van der Waals surface area contributed by atoms with Gasteiger partial charge in [0.2, 0.25) is 0 Å². The van der Waals surface area contributed by atoms with E-state index in [0.717, 1.165) is 16.7 Å². The number of carbonyl (C=O) groups is 4. The van der Waals surface area contributed by atoms with E-state index < -0.39 is 46.4 Å². The first-order valence-corrected chi connectivity index (χ1v) is 14.5. The monoisotopic (exact) mass is 596 g/mol. The summed E-state index contributed by atoms with van der Waals surface area (Å²) in [5.41, 5.74) is 0.720. The van der Waals surface area contributed by atoms with Crippen molar-refractivity contribution >= 4 is 24.1 Å². The van der Waals surface area contributed by atoms with E-state index in [0.29, 0.717) is 32.1 Å². The van der Waals surface area contributed by atoms with Gasteiger partial charge in [0, 0.05) is 12.8 Å². The Morgan fingerprint density at radius 1 is 0.674 bits per heavy atom. The molecule has 3 N–H and O–H groups in total. The Hall–Kier alpha value is -4.08. The molecule has 0 heterocycles. The molecule has 0 spiro atoms. The minimum atomic E-state index is -1.29. The number of nitrogens with one attached hydrogen (secondary N) is 2. The number of fused-ring (bicyclic) bond motifs is 2. The molecule has 0 saturated heterocycles. The summed E-state index contributed by atoms with van der Waals surface area (Å²) in [4.78, 5) is 48.1. The molecule has 2 aromatic carbocycles. The van der Waals surface area contributed by atoms with Crippen molar-refractivity contribution in [2.45, 2.75) is 102 Å². The number of hydrogen-bond donors (Lipinski definition) is 3. The topological polar surface area (TPSA) is 140 Å². The molecule has 0 saturated carbocycles. The first-order valence-electron chi connectivity index (χ1n) is 14.5. The van der Waals surface area contributed by atoms with Crippen LogP contribution in [0.4, 0.5) is 9.59 Å². The molecule has 0 radical (unpaired) electrons. The van der Waals surface area contributed by atoms with Gasteiger partial charge in [-0.15, -0.1) is 0 Å². The molecule has 4 rings (SSSR count). The van der Waals surface area contributed by atoms with Gasteiger partial charge in [0.1, 0.15) is 22.3 Å². The van der Waals surface area contributed by atoms with Crippen molar-refractivity contribution in [3.8, 4) is 0 Å². The Morgan fingerprint density at radius 2 is 1.05 bits per heavy atom. The third-order valence-corrected chi connectivity index (χ3v) is 7.33. The fraction of sp³-hybridized carbons (Fsp3) is 0.515. The number of carboxylic acids is 1. The van der Waals surface area contributed by atoms with E-state index in [1.807, 2.05) is 48.5 Å². The number of alkyl carbamates (subject to hydrolysis) is 2. The van der Waals surface area contributed by atoms with Gasteiger partial charge in [0.15, 0.2) is 0 Å². The minimum Gasteiger partial charge on any atom is -0.479 e. The Morgan fingerprint density at radius 3 is 1.44 bits per heavy atom. The molecule has 2 amide bonds. The molecule has 10 nitrogen and oxygen atoms in total. The van der Waals surface area contributed by atoms with Crippen LogP contribution < -0.4 is 10.6 Å². The van der Waals surface area contributed by atoms with Gasteiger partial charge in [-0.25, -0.2) is 19.2 Å². The minimum absolute atomic E-state index is 0.276. The van der Waals surface area contributed by atoms with Gasteiger partial charge >= 0.3 is 24.1 Å². The lowest BCUT2D eigenvalue weighted by atomic mass is 9.78. The van der Waals surface area contributed by atoms with Crippen LogP contribution >= 0.6 is 0 Å². The van der Waals surface area contributed by atoms with Gasteiger partial charge in [-0.2, -0.15) is 0 Å². The number of hydrogen-bond acceptors (Lipinski definition) is 7. The highest BCUT2D eigenvalue weighted by Gasteiger charge is 2.45. The van der Waals surface area contributed by atoms with Crippen LogP contribution in [-0.4, -0.2) is 58.6 Å². The summed E-state index contributed by atoms with van der Waals surface area (Å²) in [5, 5.41) is 14.9. The highest BCUT2D eigenvalue weighted by atomic mass is 16.6. The fourth-order valence-electron chi connectivity index (χ4n) is 5.34. The summed E-state index contributed by atoms with van der Waals surface area (Å²) in [5.74, 6) is -1.46. The normalized spacial score (nSPS) is 21.0. The SMILES string of the molecule is CC(C)(C)OC(=O)NC1(C(=O)O)CCc2ccccc2C1.COC(=O)C1(NC(=O)OC(C)(C)C)CCc2ccccc2C1. The van der Waals surface area contributed by atoms with E-state index in [2.05, 4.69) is 10.6 Å². The average Bonchev–Trinajstić information content (AvgIpc) is 2.90. The number of benzene rings is 2. The number of esters is 1. The number of rotatable bonds is 4. The fourth-order valence-corrected chi connectivity index (χ4v) is 5.34. The van der Waals surface area contributed by atoms with Crippen molar-refractivity contribution in [2.24, 2.45) is 0 Å². The lowest BCUT2D eigenvalue weighted by Gasteiger charge is -2.36. The van der Waals surface area contributed by atoms with E-state index in [1.54, 1.807) is 41.5 Å². The van der Waals surface area contributed by atoms with Crippen LogP contribution in [0.2, 0.25) is 0 Å². The van der Waals surface area contributed by atoms with E-state index in [-0.39, 0.29) is 6.42 Å². The number of aliphatic carboxylic acids is 1. The van der Waals surface area contributed by atoms with Crippen molar-refractivity contribution in [3.63, 3.8) is 0 Å². The summed E-state index contributed by atoms with van der Waals surface area (Å²) in [6.45, 7) is 10.6. The molecular formula is C33H44N2O8. The predicted octanol–water partition coefficient (Wildman–Crippen LogP) is 5.14. The molecule has 2 aliphatic rings. The largest absolute Gasteiger partial charge is 0.479 e. The highest BCUT2D eigenvalue weighted by Crippen LogP contribution is 2.31. The molecule has 0 bridgehead atoms. The van der Waals surface area contributed by atoms with Crippen LogP contribution in [-0.2, 0) is 49.5 Å². The lowest BCUT2D eigenvalue weighted by Crippen LogP contribution is -2.59. The lowest BCUT2D eigenvalue weighted by molar-refractivity contribution is -0.149. The van der Waals surface area contributed by atoms with Crippen molar-refractivity contribution in [1.82, 2.24) is 10.6 Å². The Labute approximate surface area is 253 Å². The molecule has 43 heavy (non-hydrogen) atoms. The molecule has 0 fully saturated rings. The molecule has 2 atom stereocenters. The molecule has 2 unspecified atom stereocenters. The zero-order valence-corrected chi connectivity index (χ0v) is 26.2. The Bertz CT molecular complexity index is 1340. The number of carbonyl (C=O) groups excluding carboxylic acids is 3. The maximum atomic E-state index is 12.3. The smallest absolute Gasteiger partial charge is 0.408 e. The van der Waals surface area contributed by atoms with Gasteiger partial charge in [0.25, 0.3) is 0 Å². The second-order valence-electron chi connectivity index (χ2n) is 13.1. The van der Waals surface area contributed by atoms with Crippen LogP contribution in [0.1, 0.15) is 76.6 Å². The zero-order valence-electron chi connectivity index (χ0n) is 26.2. The zero-order chi connectivity index (χ0) is 32.1. The van der Waals surface area contributed by atoms with Crippen molar-refractivity contribution in [1.29, 1.82) is 0 Å². The standard InChI is InChI=1S/C17H23NO4.C16H21NO4/c1-16(2,3)22-15(20)18-17(14(19)21-4)10-9-12-7-5-6-8-13(12)11-17;1-15(2,3)21-14(20)17-16(13(18)19)9-8-11-6-4-5-7-12(11)10-16/h5-8H,9-11H2,1-4H3,(H,18,20);4-7H,8-10H2,1-3H3,(H,17,20)(H,18,19). The highest BCUT2D eigenvalue weighted by molar-refractivity contribution is 5.87. The molecule has 10 heteroatoms. The summed E-state index contributed by atoms with van der Waals surface area (Å²) in [6, 6.07) is 15.6. The number of methoxy groups -OCH3 is 1. The van der Waals surface area contributed by atoms with Gasteiger partial charge in [-0.3, -0.25) is 0 Å². The average molecular weight is 597 g/mol. The molecule has 234 valence electrons. The number of ether oxygens (including phenoxy) is 3. The second-order valence-corrected chi connectivity index (χ2v) is 13.1. The van der Waals surface area contributed by atoms with Gasteiger partial charge < -0.3 is 30.0 Å². The van der Waals surface area contributed by atoms with Crippen molar-refractivity contribution in [3.05, 3.63) is 70.8 Å².